The largest absolute Gasteiger partial charge is 0.464 e. The van der Waals surface area contributed by atoms with Crippen LogP contribution in [0.4, 0.5) is 0 Å². The van der Waals surface area contributed by atoms with E-state index in [-0.39, 0.29) is 19.6 Å². The fourth-order valence-electron chi connectivity index (χ4n) is 2.44. The summed E-state index contributed by atoms with van der Waals surface area (Å²) in [6, 6.07) is 6.98. The first-order valence-corrected chi connectivity index (χ1v) is 9.88. The third-order valence-electron chi connectivity index (χ3n) is 3.68. The number of carbonyl (C=O) groups excluding carboxylic acids is 3. The van der Waals surface area contributed by atoms with Gasteiger partial charge in [-0.1, -0.05) is 12.1 Å². The molecule has 7 nitrogen and oxygen atoms in total. The summed E-state index contributed by atoms with van der Waals surface area (Å²) >= 11 is 0. The molecule has 0 aliphatic carbocycles. The first-order chi connectivity index (χ1) is 12.3. The van der Waals surface area contributed by atoms with Crippen molar-refractivity contribution in [2.24, 2.45) is 0 Å². The molecule has 0 bridgehead atoms. The average molecular weight is 383 g/mol. The maximum absolute atomic E-state index is 12.5. The standard InChI is InChI=1S/C18H25NO6S/c1-5-24-16(21)18(19-13(3)20,17(22)25-6-2)12-11-14-7-9-15(10-8-14)26(4)23/h7-10H,5-6,11-12H2,1-4H3,(H,19,20). The van der Waals surface area contributed by atoms with Gasteiger partial charge in [0.2, 0.25) is 11.4 Å². The third kappa shape index (κ3) is 5.66. The van der Waals surface area contributed by atoms with Crippen LogP contribution in [0.15, 0.2) is 29.2 Å². The number of esters is 2. The van der Waals surface area contributed by atoms with E-state index < -0.39 is 34.2 Å². The van der Waals surface area contributed by atoms with Crippen molar-refractivity contribution in [1.82, 2.24) is 5.32 Å². The topological polar surface area (TPSA) is 98.8 Å². The number of rotatable bonds is 9. The minimum atomic E-state index is -1.90. The van der Waals surface area contributed by atoms with Gasteiger partial charge in [-0.2, -0.15) is 0 Å². The van der Waals surface area contributed by atoms with Crippen LogP contribution in [0, 0.1) is 0 Å². The molecule has 0 fully saturated rings. The van der Waals surface area contributed by atoms with E-state index >= 15 is 0 Å². The summed E-state index contributed by atoms with van der Waals surface area (Å²) in [7, 11) is -1.09. The zero-order valence-corrected chi connectivity index (χ0v) is 16.3. The lowest BCUT2D eigenvalue weighted by atomic mass is 9.90. The van der Waals surface area contributed by atoms with E-state index in [0.29, 0.717) is 11.3 Å². The Morgan fingerprint density at radius 3 is 1.92 bits per heavy atom. The van der Waals surface area contributed by atoms with Crippen molar-refractivity contribution in [2.45, 2.75) is 44.0 Å². The van der Waals surface area contributed by atoms with Gasteiger partial charge < -0.3 is 14.8 Å². The Balaban J connectivity index is 3.12. The highest BCUT2D eigenvalue weighted by molar-refractivity contribution is 7.84. The lowest BCUT2D eigenvalue weighted by molar-refractivity contribution is -0.168. The van der Waals surface area contributed by atoms with Crippen LogP contribution >= 0.6 is 0 Å². The second-order valence-corrected chi connectivity index (χ2v) is 7.01. The monoisotopic (exact) mass is 383 g/mol. The Hall–Kier alpha value is -2.22. The molecule has 0 aromatic heterocycles. The quantitative estimate of drug-likeness (QED) is 0.511. The fraction of sp³-hybridized carbons (Fsp3) is 0.500. The summed E-state index contributed by atoms with van der Waals surface area (Å²) in [5, 5.41) is 2.43. The van der Waals surface area contributed by atoms with Crippen LogP contribution in [0.25, 0.3) is 0 Å². The Morgan fingerprint density at radius 2 is 1.54 bits per heavy atom. The first kappa shape index (κ1) is 21.8. The lowest BCUT2D eigenvalue weighted by Crippen LogP contribution is -2.61. The molecule has 144 valence electrons. The third-order valence-corrected chi connectivity index (χ3v) is 4.62. The number of hydrogen-bond donors (Lipinski definition) is 1. The molecule has 8 heteroatoms. The van der Waals surface area contributed by atoms with Crippen LogP contribution < -0.4 is 5.32 Å². The molecular formula is C18H25NO6S. The van der Waals surface area contributed by atoms with Crippen LogP contribution in [-0.2, 0) is 41.1 Å². The van der Waals surface area contributed by atoms with E-state index in [1.165, 1.54) is 6.92 Å². The Labute approximate surface area is 155 Å². The van der Waals surface area contributed by atoms with Gasteiger partial charge in [0, 0.05) is 28.9 Å². The summed E-state index contributed by atoms with van der Waals surface area (Å²) in [5.41, 5.74) is -1.08. The predicted octanol–water partition coefficient (Wildman–Crippen LogP) is 1.36. The first-order valence-electron chi connectivity index (χ1n) is 8.32. The van der Waals surface area contributed by atoms with E-state index in [1.807, 2.05) is 0 Å². The van der Waals surface area contributed by atoms with Crippen LogP contribution in [0.1, 0.15) is 32.8 Å². The lowest BCUT2D eigenvalue weighted by Gasteiger charge is -2.29. The maximum Gasteiger partial charge on any atom is 0.343 e. The fourth-order valence-corrected chi connectivity index (χ4v) is 2.96. The number of nitrogens with one attached hydrogen (secondary N) is 1. The minimum absolute atomic E-state index is 0.0151. The molecular weight excluding hydrogens is 358 g/mol. The highest BCUT2D eigenvalue weighted by atomic mass is 32.2. The number of ether oxygens (including phenoxy) is 2. The van der Waals surface area contributed by atoms with Gasteiger partial charge in [-0.05, 0) is 44.4 Å². The second kappa shape index (κ2) is 10.1. The van der Waals surface area contributed by atoms with Crippen LogP contribution in [0.5, 0.6) is 0 Å². The number of hydrogen-bond acceptors (Lipinski definition) is 6. The predicted molar refractivity (Wildman–Crippen MR) is 96.9 cm³/mol. The molecule has 1 unspecified atom stereocenters. The second-order valence-electron chi connectivity index (χ2n) is 5.63. The molecule has 1 aromatic rings. The zero-order chi connectivity index (χ0) is 19.7. The van der Waals surface area contributed by atoms with Crippen LogP contribution in [0.3, 0.4) is 0 Å². The van der Waals surface area contributed by atoms with Gasteiger partial charge in [-0.25, -0.2) is 9.59 Å². The van der Waals surface area contributed by atoms with Crippen molar-refractivity contribution in [1.29, 1.82) is 0 Å². The molecule has 0 saturated heterocycles. The average Bonchev–Trinajstić information content (AvgIpc) is 2.59. The summed E-state index contributed by atoms with van der Waals surface area (Å²) in [5.74, 6) is -2.23. The normalized spacial score (nSPS) is 12.2. The molecule has 0 aliphatic heterocycles. The van der Waals surface area contributed by atoms with Crippen molar-refractivity contribution >= 4 is 28.6 Å². The number of benzene rings is 1. The van der Waals surface area contributed by atoms with E-state index in [2.05, 4.69) is 5.32 Å². The highest BCUT2D eigenvalue weighted by Crippen LogP contribution is 2.20. The highest BCUT2D eigenvalue weighted by Gasteiger charge is 2.49. The Kier molecular flexibility index (Phi) is 8.44. The molecule has 0 aliphatic rings. The van der Waals surface area contributed by atoms with E-state index in [4.69, 9.17) is 9.47 Å². The SMILES string of the molecule is CCOC(=O)C(CCc1ccc(S(C)=O)cc1)(NC(C)=O)C(=O)OCC. The van der Waals surface area contributed by atoms with Gasteiger partial charge in [-0.15, -0.1) is 0 Å². The van der Waals surface area contributed by atoms with Gasteiger partial charge in [0.1, 0.15) is 0 Å². The van der Waals surface area contributed by atoms with Gasteiger partial charge in [0.25, 0.3) is 0 Å². The summed E-state index contributed by atoms with van der Waals surface area (Å²) in [4.78, 5) is 37.3. The summed E-state index contributed by atoms with van der Waals surface area (Å²) < 4.78 is 21.5. The van der Waals surface area contributed by atoms with E-state index in [0.717, 1.165) is 5.56 Å². The van der Waals surface area contributed by atoms with Crippen molar-refractivity contribution in [3.8, 4) is 0 Å². The molecule has 0 heterocycles. The Bertz CT molecular complexity index is 653. The summed E-state index contributed by atoms with van der Waals surface area (Å²) in [6.45, 7) is 4.59. The zero-order valence-electron chi connectivity index (χ0n) is 15.5. The molecule has 1 rings (SSSR count). The van der Waals surface area contributed by atoms with Crippen molar-refractivity contribution in [3.63, 3.8) is 0 Å². The van der Waals surface area contributed by atoms with Gasteiger partial charge in [0.05, 0.1) is 13.2 Å². The minimum Gasteiger partial charge on any atom is -0.464 e. The molecule has 0 radical (unpaired) electrons. The van der Waals surface area contributed by atoms with Gasteiger partial charge in [0.15, 0.2) is 0 Å². The van der Waals surface area contributed by atoms with E-state index in [9.17, 15) is 18.6 Å². The number of aryl methyl sites for hydroxylation is 1. The maximum atomic E-state index is 12.5. The molecule has 1 amide bonds. The molecule has 26 heavy (non-hydrogen) atoms. The molecule has 0 spiro atoms. The van der Waals surface area contributed by atoms with E-state index in [1.54, 1.807) is 44.4 Å². The number of amides is 1. The molecule has 1 N–H and O–H groups in total. The van der Waals surface area contributed by atoms with Crippen molar-refractivity contribution in [3.05, 3.63) is 29.8 Å². The molecule has 1 aromatic carbocycles. The van der Waals surface area contributed by atoms with Crippen molar-refractivity contribution in [2.75, 3.05) is 19.5 Å². The van der Waals surface area contributed by atoms with Crippen LogP contribution in [-0.4, -0.2) is 47.1 Å². The number of carbonyl (C=O) groups is 3. The van der Waals surface area contributed by atoms with Gasteiger partial charge in [-0.3, -0.25) is 9.00 Å². The smallest absolute Gasteiger partial charge is 0.343 e. The van der Waals surface area contributed by atoms with Gasteiger partial charge >= 0.3 is 11.9 Å². The molecule has 1 atom stereocenters. The van der Waals surface area contributed by atoms with Crippen LogP contribution in [0.2, 0.25) is 0 Å². The summed E-state index contributed by atoms with van der Waals surface area (Å²) in [6.07, 6.45) is 1.88. The molecule has 0 saturated carbocycles. The van der Waals surface area contributed by atoms with Crippen molar-refractivity contribution < 1.29 is 28.1 Å². The Morgan fingerprint density at radius 1 is 1.04 bits per heavy atom.